The lowest BCUT2D eigenvalue weighted by atomic mass is 10.1. The van der Waals surface area contributed by atoms with E-state index in [2.05, 4.69) is 10.0 Å². The fourth-order valence-corrected chi connectivity index (χ4v) is 4.19. The van der Waals surface area contributed by atoms with Gasteiger partial charge in [-0.2, -0.15) is 0 Å². The molecule has 3 aromatic rings. The summed E-state index contributed by atoms with van der Waals surface area (Å²) in [6.07, 6.45) is 0.265. The number of carbonyl (C=O) groups excluding carboxylic acids is 1. The third-order valence-electron chi connectivity index (χ3n) is 4.53. The number of rotatable bonds is 6. The molecule has 0 aromatic heterocycles. The first-order valence-corrected chi connectivity index (χ1v) is 10.8. The summed E-state index contributed by atoms with van der Waals surface area (Å²) in [4.78, 5) is 12.4. The molecule has 0 saturated carbocycles. The van der Waals surface area contributed by atoms with Crippen LogP contribution >= 0.6 is 0 Å². The molecule has 150 valence electrons. The summed E-state index contributed by atoms with van der Waals surface area (Å²) in [7, 11) is -3.71. The maximum Gasteiger partial charge on any atom is 0.261 e. The molecule has 2 N–H and O–H groups in total. The molecule has 1 amide bonds. The van der Waals surface area contributed by atoms with Crippen molar-refractivity contribution in [3.63, 3.8) is 0 Å². The van der Waals surface area contributed by atoms with Crippen LogP contribution in [0.3, 0.4) is 0 Å². The fraction of sp³-hybridized carbons (Fsp3) is 0.174. The number of amides is 1. The van der Waals surface area contributed by atoms with Gasteiger partial charge in [-0.05, 0) is 79.4 Å². The van der Waals surface area contributed by atoms with Crippen molar-refractivity contribution in [2.45, 2.75) is 32.1 Å². The normalized spacial score (nSPS) is 11.1. The van der Waals surface area contributed by atoms with Crippen LogP contribution < -0.4 is 10.0 Å². The smallest absolute Gasteiger partial charge is 0.261 e. The zero-order valence-electron chi connectivity index (χ0n) is 16.7. The first kappa shape index (κ1) is 20.6. The second kappa shape index (κ2) is 8.49. The van der Waals surface area contributed by atoms with Gasteiger partial charge in [0.2, 0.25) is 5.91 Å². The first-order valence-electron chi connectivity index (χ1n) is 9.28. The summed E-state index contributed by atoms with van der Waals surface area (Å²) in [6.45, 7) is 5.80. The molecule has 0 aliphatic heterocycles. The Kier molecular flexibility index (Phi) is 6.03. The van der Waals surface area contributed by atoms with Crippen LogP contribution in [0.25, 0.3) is 0 Å². The molecule has 0 aliphatic rings. The quantitative estimate of drug-likeness (QED) is 0.626. The highest BCUT2D eigenvalue weighted by Gasteiger charge is 2.15. The Hall–Kier alpha value is -3.12. The van der Waals surface area contributed by atoms with Crippen LogP contribution in [0.1, 0.15) is 22.3 Å². The Labute approximate surface area is 171 Å². The van der Waals surface area contributed by atoms with E-state index < -0.39 is 10.0 Å². The van der Waals surface area contributed by atoms with Gasteiger partial charge in [-0.25, -0.2) is 8.42 Å². The maximum absolute atomic E-state index is 12.6. The summed E-state index contributed by atoms with van der Waals surface area (Å²) in [5.41, 5.74) is 5.05. The van der Waals surface area contributed by atoms with Crippen LogP contribution in [0.5, 0.6) is 0 Å². The van der Waals surface area contributed by atoms with Gasteiger partial charge in [-0.15, -0.1) is 0 Å². The van der Waals surface area contributed by atoms with E-state index in [1.54, 1.807) is 24.3 Å². The Balaban J connectivity index is 1.69. The van der Waals surface area contributed by atoms with E-state index in [0.717, 1.165) is 22.3 Å². The molecule has 6 heteroatoms. The predicted octanol–water partition coefficient (Wildman–Crippen LogP) is 4.59. The summed E-state index contributed by atoms with van der Waals surface area (Å²) in [5, 5.41) is 2.81. The topological polar surface area (TPSA) is 75.3 Å². The van der Waals surface area contributed by atoms with Crippen LogP contribution in [0.15, 0.2) is 71.6 Å². The Morgan fingerprint density at radius 3 is 2.07 bits per heavy atom. The molecule has 0 heterocycles. The summed E-state index contributed by atoms with van der Waals surface area (Å²) in [5.74, 6) is -0.150. The minimum absolute atomic E-state index is 0.133. The maximum atomic E-state index is 12.6. The molecule has 0 fully saturated rings. The second-order valence-corrected chi connectivity index (χ2v) is 8.84. The van der Waals surface area contributed by atoms with Gasteiger partial charge in [0.1, 0.15) is 0 Å². The van der Waals surface area contributed by atoms with Gasteiger partial charge in [-0.1, -0.05) is 30.3 Å². The lowest BCUT2D eigenvalue weighted by Crippen LogP contribution is -2.16. The Morgan fingerprint density at radius 1 is 0.828 bits per heavy atom. The second-order valence-electron chi connectivity index (χ2n) is 7.16. The number of nitrogens with one attached hydrogen (secondary N) is 2. The summed E-state index contributed by atoms with van der Waals surface area (Å²) in [6, 6.07) is 19.4. The SMILES string of the molecule is Cc1cc(C)cc(NS(=O)(=O)c2ccc(NC(=O)Cc3ccccc3C)cc2)c1. The lowest BCUT2D eigenvalue weighted by molar-refractivity contribution is -0.115. The van der Waals surface area contributed by atoms with E-state index in [4.69, 9.17) is 0 Å². The van der Waals surface area contributed by atoms with Crippen molar-refractivity contribution >= 4 is 27.3 Å². The van der Waals surface area contributed by atoms with Gasteiger partial charge >= 0.3 is 0 Å². The molecule has 0 unspecified atom stereocenters. The predicted molar refractivity (Wildman–Crippen MR) is 117 cm³/mol. The highest BCUT2D eigenvalue weighted by molar-refractivity contribution is 7.92. The Bertz CT molecular complexity index is 1120. The van der Waals surface area contributed by atoms with Gasteiger partial charge in [0.25, 0.3) is 10.0 Å². The molecule has 0 radical (unpaired) electrons. The van der Waals surface area contributed by atoms with Gasteiger partial charge in [0, 0.05) is 11.4 Å². The molecule has 29 heavy (non-hydrogen) atoms. The van der Waals surface area contributed by atoms with Crippen LogP contribution in [0.4, 0.5) is 11.4 Å². The standard InChI is InChI=1S/C23H24N2O3S/c1-16-12-17(2)14-21(13-16)25-29(27,28)22-10-8-20(9-11-22)24-23(26)15-19-7-5-4-6-18(19)3/h4-14,25H,15H2,1-3H3,(H,24,26). The highest BCUT2D eigenvalue weighted by Crippen LogP contribution is 2.20. The largest absolute Gasteiger partial charge is 0.326 e. The minimum atomic E-state index is -3.71. The average molecular weight is 409 g/mol. The molecule has 0 spiro atoms. The van der Waals surface area contributed by atoms with Crippen LogP contribution in [-0.2, 0) is 21.2 Å². The van der Waals surface area contributed by atoms with E-state index in [1.165, 1.54) is 12.1 Å². The van der Waals surface area contributed by atoms with Crippen molar-refractivity contribution < 1.29 is 13.2 Å². The third-order valence-corrected chi connectivity index (χ3v) is 5.93. The number of sulfonamides is 1. The molecule has 0 atom stereocenters. The molecular weight excluding hydrogens is 384 g/mol. The van der Waals surface area contributed by atoms with Crippen molar-refractivity contribution in [2.24, 2.45) is 0 Å². The zero-order valence-corrected chi connectivity index (χ0v) is 17.5. The van der Waals surface area contributed by atoms with Gasteiger partial charge in [-0.3, -0.25) is 9.52 Å². The van der Waals surface area contributed by atoms with E-state index in [-0.39, 0.29) is 17.2 Å². The number of anilines is 2. The van der Waals surface area contributed by atoms with Gasteiger partial charge in [0.05, 0.1) is 11.3 Å². The third kappa shape index (κ3) is 5.45. The van der Waals surface area contributed by atoms with Crippen LogP contribution in [0, 0.1) is 20.8 Å². The van der Waals surface area contributed by atoms with Crippen molar-refractivity contribution in [1.82, 2.24) is 0 Å². The molecular formula is C23H24N2O3S. The lowest BCUT2D eigenvalue weighted by Gasteiger charge is -2.11. The Morgan fingerprint density at radius 2 is 1.45 bits per heavy atom. The first-order chi connectivity index (χ1) is 13.7. The van der Waals surface area contributed by atoms with Gasteiger partial charge in [0.15, 0.2) is 0 Å². The number of aryl methyl sites for hydroxylation is 3. The summed E-state index contributed by atoms with van der Waals surface area (Å²) < 4.78 is 27.9. The van der Waals surface area contributed by atoms with Crippen LogP contribution in [-0.4, -0.2) is 14.3 Å². The highest BCUT2D eigenvalue weighted by atomic mass is 32.2. The molecule has 3 aromatic carbocycles. The fourth-order valence-electron chi connectivity index (χ4n) is 3.15. The van der Waals surface area contributed by atoms with E-state index >= 15 is 0 Å². The monoisotopic (exact) mass is 408 g/mol. The molecule has 0 aliphatic carbocycles. The van der Waals surface area contributed by atoms with E-state index in [9.17, 15) is 13.2 Å². The van der Waals surface area contributed by atoms with E-state index in [1.807, 2.05) is 51.1 Å². The van der Waals surface area contributed by atoms with E-state index in [0.29, 0.717) is 11.4 Å². The average Bonchev–Trinajstić information content (AvgIpc) is 2.63. The molecule has 0 bridgehead atoms. The number of carbonyl (C=O) groups is 1. The van der Waals surface area contributed by atoms with Crippen molar-refractivity contribution in [3.05, 3.63) is 89.0 Å². The van der Waals surface area contributed by atoms with Crippen LogP contribution in [0.2, 0.25) is 0 Å². The zero-order chi connectivity index (χ0) is 21.0. The van der Waals surface area contributed by atoms with Crippen molar-refractivity contribution in [2.75, 3.05) is 10.0 Å². The number of benzene rings is 3. The molecule has 5 nitrogen and oxygen atoms in total. The van der Waals surface area contributed by atoms with Crippen molar-refractivity contribution in [1.29, 1.82) is 0 Å². The van der Waals surface area contributed by atoms with Gasteiger partial charge < -0.3 is 5.32 Å². The molecule has 0 saturated heterocycles. The van der Waals surface area contributed by atoms with Crippen molar-refractivity contribution in [3.8, 4) is 0 Å². The number of hydrogen-bond donors (Lipinski definition) is 2. The minimum Gasteiger partial charge on any atom is -0.326 e. The number of hydrogen-bond acceptors (Lipinski definition) is 3. The summed E-state index contributed by atoms with van der Waals surface area (Å²) >= 11 is 0. The molecule has 3 rings (SSSR count).